The summed E-state index contributed by atoms with van der Waals surface area (Å²) in [5.41, 5.74) is 11.2. The van der Waals surface area contributed by atoms with Crippen LogP contribution in [-0.2, 0) is 37.1 Å². The Kier molecular flexibility index (Phi) is 8.03. The van der Waals surface area contributed by atoms with Crippen LogP contribution < -0.4 is 21.4 Å². The van der Waals surface area contributed by atoms with Crippen molar-refractivity contribution in [1.29, 1.82) is 0 Å². The van der Waals surface area contributed by atoms with Crippen molar-refractivity contribution < 1.29 is 42.8 Å². The molecule has 2 atom stereocenters. The van der Waals surface area contributed by atoms with Gasteiger partial charge in [0.2, 0.25) is 22.7 Å². The fourth-order valence-corrected chi connectivity index (χ4v) is 6.84. The van der Waals surface area contributed by atoms with E-state index >= 15 is 0 Å². The number of rotatable bonds is 11. The lowest BCUT2D eigenvalue weighted by molar-refractivity contribution is -0.687. The topological polar surface area (TPSA) is 221 Å². The summed E-state index contributed by atoms with van der Waals surface area (Å²) in [6.45, 7) is -1.12. The molecular weight excluding hydrogens is 605 g/mol. The minimum absolute atomic E-state index is 0.0275. The molecule has 0 aliphatic carbocycles. The maximum Gasteiger partial charge on any atom is 0.404 e. The van der Waals surface area contributed by atoms with Crippen molar-refractivity contribution in [3.8, 4) is 0 Å². The fourth-order valence-electron chi connectivity index (χ4n) is 4.16. The van der Waals surface area contributed by atoms with Crippen molar-refractivity contribution in [3.63, 3.8) is 0 Å². The largest absolute Gasteiger partial charge is 0.477 e. The van der Waals surface area contributed by atoms with E-state index in [1.807, 2.05) is 5.38 Å². The number of aliphatic carboxylic acids is 1. The Balaban J connectivity index is 1.32. The Hall–Kier alpha value is -4.30. The first-order chi connectivity index (χ1) is 19.7. The first-order valence-corrected chi connectivity index (χ1v) is 14.3. The number of oxime groups is 1. The van der Waals surface area contributed by atoms with Gasteiger partial charge in [0.1, 0.15) is 43.1 Å². The van der Waals surface area contributed by atoms with Gasteiger partial charge in [-0.25, -0.2) is 18.5 Å². The zero-order chi connectivity index (χ0) is 29.3. The number of thioether (sulfide) groups is 1. The zero-order valence-corrected chi connectivity index (χ0v) is 23.2. The van der Waals surface area contributed by atoms with E-state index in [-0.39, 0.29) is 35.6 Å². The van der Waals surface area contributed by atoms with Crippen LogP contribution in [0.4, 0.5) is 14.3 Å². The van der Waals surface area contributed by atoms with E-state index in [9.17, 15) is 28.7 Å². The number of hydrogen-bond acceptors (Lipinski definition) is 13. The molecule has 0 radical (unpaired) electrons. The number of imidazole rings is 1. The second kappa shape index (κ2) is 11.7. The van der Waals surface area contributed by atoms with Gasteiger partial charge in [-0.3, -0.25) is 14.5 Å². The first kappa shape index (κ1) is 28.2. The molecule has 216 valence electrons. The van der Waals surface area contributed by atoms with Gasteiger partial charge in [0.15, 0.2) is 17.4 Å². The normalized spacial score (nSPS) is 18.7. The number of carboxylic acids is 1. The number of alkyl halides is 1. The number of nitrogen functional groups attached to an aromatic ring is 1. The van der Waals surface area contributed by atoms with Crippen LogP contribution in [0.3, 0.4) is 0 Å². The predicted octanol–water partition coefficient (Wildman–Crippen LogP) is -0.554. The van der Waals surface area contributed by atoms with Crippen molar-refractivity contribution in [2.45, 2.75) is 24.6 Å². The second-order valence-electron chi connectivity index (χ2n) is 8.50. The van der Waals surface area contributed by atoms with Crippen LogP contribution in [0.2, 0.25) is 0 Å². The summed E-state index contributed by atoms with van der Waals surface area (Å²) in [5.74, 6) is -2.68. The Bertz CT molecular complexity index is 1600. The number of ether oxygens (including phenoxy) is 1. The lowest BCUT2D eigenvalue weighted by atomic mass is 10.0. The van der Waals surface area contributed by atoms with Gasteiger partial charge >= 0.3 is 12.1 Å². The molecule has 0 unspecified atom stereocenters. The fraction of sp³-hybridized carbons (Fsp3) is 0.333. The van der Waals surface area contributed by atoms with E-state index in [4.69, 9.17) is 21.0 Å². The highest BCUT2D eigenvalue weighted by molar-refractivity contribution is 8.00. The summed E-state index contributed by atoms with van der Waals surface area (Å²) in [4.78, 5) is 59.9. The highest BCUT2D eigenvalue weighted by atomic mass is 32.2. The molecule has 0 spiro atoms. The van der Waals surface area contributed by atoms with E-state index in [1.54, 1.807) is 21.5 Å². The van der Waals surface area contributed by atoms with Gasteiger partial charge in [0, 0.05) is 28.2 Å². The number of carboxylic acid groups (broad SMARTS) is 1. The maximum absolute atomic E-state index is 13.1. The van der Waals surface area contributed by atoms with Crippen molar-refractivity contribution in [2.75, 3.05) is 24.8 Å². The molecular formula is C21H21FN9O7S3+. The predicted molar refractivity (Wildman–Crippen MR) is 142 cm³/mol. The number of nitrogens with two attached hydrogens (primary N) is 2. The van der Waals surface area contributed by atoms with Crippen molar-refractivity contribution in [1.82, 2.24) is 24.0 Å². The molecule has 6 N–H and O–H groups in total. The third-order valence-electron chi connectivity index (χ3n) is 5.87. The zero-order valence-electron chi connectivity index (χ0n) is 20.8. The van der Waals surface area contributed by atoms with Crippen LogP contribution in [0.1, 0.15) is 11.5 Å². The molecule has 3 amide bonds. The van der Waals surface area contributed by atoms with E-state index in [2.05, 4.69) is 19.8 Å². The van der Waals surface area contributed by atoms with Gasteiger partial charge in [-0.2, -0.15) is 13.8 Å². The molecule has 3 aromatic rings. The number of fused-ring (bicyclic) bond motifs is 2. The highest BCUT2D eigenvalue weighted by Crippen LogP contribution is 2.40. The average molecular weight is 627 g/mol. The van der Waals surface area contributed by atoms with Crippen LogP contribution in [0, 0.1) is 0 Å². The summed E-state index contributed by atoms with van der Waals surface area (Å²) in [5, 5.41) is 17.3. The second-order valence-corrected chi connectivity index (χ2v) is 11.3. The number of anilines is 1. The Morgan fingerprint density at radius 2 is 2.17 bits per heavy atom. The van der Waals surface area contributed by atoms with Gasteiger partial charge in [-0.15, -0.1) is 11.8 Å². The molecule has 41 heavy (non-hydrogen) atoms. The number of carbonyl (C=O) groups is 4. The van der Waals surface area contributed by atoms with Gasteiger partial charge in [0.25, 0.3) is 11.8 Å². The molecule has 20 heteroatoms. The standard InChI is InChI=1S/C21H20FN9O7S3/c22-1-2-38-27-12(15-26-20(23)41-28-15)16(32)25-13-17(33)31-14(19(34)35)9(6-40-18(13)31)3-29-4-11-30(8-29)10(7-39-11)5-37-21(24)36/h4,7-8,13,18H,1-3,5-6H2,(H5-,23,24,25,26,28,32,34,35,36)/p+1/b27-12-/t13-,18-/m1/s1. The molecule has 2 aliphatic rings. The molecule has 0 bridgehead atoms. The van der Waals surface area contributed by atoms with E-state index in [0.29, 0.717) is 11.3 Å². The number of β-lactam (4-membered cyclic amide) rings is 1. The summed E-state index contributed by atoms with van der Waals surface area (Å²) < 4.78 is 24.8. The third kappa shape index (κ3) is 5.65. The molecule has 2 aliphatic heterocycles. The Morgan fingerprint density at radius 3 is 2.85 bits per heavy atom. The average Bonchev–Trinajstić information content (AvgIpc) is 3.64. The molecule has 5 rings (SSSR count). The third-order valence-corrected chi connectivity index (χ3v) is 8.68. The van der Waals surface area contributed by atoms with Gasteiger partial charge in [-0.1, -0.05) is 16.5 Å². The van der Waals surface area contributed by atoms with Crippen LogP contribution >= 0.6 is 34.6 Å². The van der Waals surface area contributed by atoms with E-state index in [0.717, 1.165) is 21.3 Å². The lowest BCUT2D eigenvalue weighted by Gasteiger charge is -2.49. The van der Waals surface area contributed by atoms with Crippen LogP contribution in [0.25, 0.3) is 4.83 Å². The monoisotopic (exact) mass is 626 g/mol. The summed E-state index contributed by atoms with van der Waals surface area (Å²) in [7, 11) is 0. The quantitative estimate of drug-likeness (QED) is 0.0695. The number of thiazole rings is 1. The SMILES string of the molecule is NC(=O)OCc1csc2c[n+](CC3=C(C(=O)O)N4C(=O)[C@@H](NC(=O)/C(=N\OCCF)c5nsc(N)n5)[C@H]4SC3)cn12. The summed E-state index contributed by atoms with van der Waals surface area (Å²) >= 11 is 3.48. The van der Waals surface area contributed by atoms with E-state index < -0.39 is 54.3 Å². The number of carbonyl (C=O) groups excluding carboxylic acids is 3. The van der Waals surface area contributed by atoms with Crippen molar-refractivity contribution in [2.24, 2.45) is 10.9 Å². The Labute approximate surface area is 241 Å². The number of amides is 3. The van der Waals surface area contributed by atoms with Crippen LogP contribution in [-0.4, -0.2) is 83.8 Å². The molecule has 1 saturated heterocycles. The van der Waals surface area contributed by atoms with Gasteiger partial charge < -0.3 is 31.5 Å². The van der Waals surface area contributed by atoms with Crippen molar-refractivity contribution >= 4 is 74.2 Å². The number of nitrogens with one attached hydrogen (secondary N) is 1. The van der Waals surface area contributed by atoms with Crippen molar-refractivity contribution in [3.05, 3.63) is 40.7 Å². The first-order valence-electron chi connectivity index (χ1n) is 11.6. The minimum Gasteiger partial charge on any atom is -0.477 e. The van der Waals surface area contributed by atoms with Crippen LogP contribution in [0.5, 0.6) is 0 Å². The number of aromatic nitrogens is 4. The van der Waals surface area contributed by atoms with E-state index in [1.165, 1.54) is 23.1 Å². The maximum atomic E-state index is 13.1. The molecule has 5 heterocycles. The van der Waals surface area contributed by atoms with Gasteiger partial charge in [-0.05, 0) is 0 Å². The summed E-state index contributed by atoms with van der Waals surface area (Å²) in [6.07, 6.45) is 2.62. The smallest absolute Gasteiger partial charge is 0.404 e. The van der Waals surface area contributed by atoms with Gasteiger partial charge in [0.05, 0.1) is 0 Å². The number of primary amides is 1. The molecule has 3 aromatic heterocycles. The highest BCUT2D eigenvalue weighted by Gasteiger charge is 2.54. The molecule has 16 nitrogen and oxygen atoms in total. The Morgan fingerprint density at radius 1 is 1.37 bits per heavy atom. The number of hydrogen-bond donors (Lipinski definition) is 4. The number of nitrogens with zero attached hydrogens (tertiary/aromatic N) is 6. The van der Waals surface area contributed by atoms with Crippen LogP contribution in [0.15, 0.2) is 34.3 Å². The minimum atomic E-state index is -1.29. The lowest BCUT2D eigenvalue weighted by Crippen LogP contribution is -2.71. The molecule has 0 saturated carbocycles. The summed E-state index contributed by atoms with van der Waals surface area (Å²) in [6, 6.07) is -1.06. The molecule has 1 fully saturated rings. The molecule has 0 aromatic carbocycles. The number of halogens is 1.